The van der Waals surface area contributed by atoms with E-state index < -0.39 is 27.9 Å². The van der Waals surface area contributed by atoms with Gasteiger partial charge < -0.3 is 10.6 Å². The lowest BCUT2D eigenvalue weighted by Crippen LogP contribution is -2.36. The maximum atomic E-state index is 14.8. The van der Waals surface area contributed by atoms with Crippen LogP contribution in [0.5, 0.6) is 0 Å². The van der Waals surface area contributed by atoms with Gasteiger partial charge >= 0.3 is 0 Å². The molecule has 43 heavy (non-hydrogen) atoms. The number of halogens is 2. The first-order valence-electron chi connectivity index (χ1n) is 15.3. The topological polar surface area (TPSA) is 87.3 Å². The van der Waals surface area contributed by atoms with Gasteiger partial charge in [0, 0.05) is 30.0 Å². The lowest BCUT2D eigenvalue weighted by Gasteiger charge is -2.28. The van der Waals surface area contributed by atoms with Crippen LogP contribution in [-0.4, -0.2) is 20.4 Å². The van der Waals surface area contributed by atoms with Crippen molar-refractivity contribution in [2.24, 2.45) is 5.92 Å². The molecule has 1 amide bonds. The summed E-state index contributed by atoms with van der Waals surface area (Å²) >= 11 is 0. The van der Waals surface area contributed by atoms with Crippen molar-refractivity contribution >= 4 is 15.9 Å². The van der Waals surface area contributed by atoms with E-state index in [0.29, 0.717) is 24.4 Å². The van der Waals surface area contributed by atoms with E-state index in [-0.39, 0.29) is 34.9 Å². The van der Waals surface area contributed by atoms with E-state index >= 15 is 0 Å². The first kappa shape index (κ1) is 29.9. The standard InChI is InChI=1S/C34H39F2N3O3S/c1-22(37-28-16-17-28)24-13-18-30-25(19-24)9-5-12-31(30)38-33(40)21-32(23-7-3-2-4-8-23)39-43(41,42)29-11-6-10-27(20-29)34(35,36)26-14-15-26/h2-4,6-8,10-11,13,18-20,22,26,28,31-32,37,39H,5,9,12,14-17,21H2,1H3,(H,38,40)/t22?,31-,32-/m1/s1. The summed E-state index contributed by atoms with van der Waals surface area (Å²) in [6.45, 7) is 2.18. The SMILES string of the molecule is CC(NC1CC1)c1ccc2c(c1)CCC[C@H]2NC(=O)C[C@@H](NS(=O)(=O)c1cccc(C(F)(F)C2CC2)c1)c1ccccc1. The maximum Gasteiger partial charge on any atom is 0.276 e. The van der Waals surface area contributed by atoms with Crippen molar-refractivity contribution in [2.75, 3.05) is 0 Å². The first-order chi connectivity index (χ1) is 20.6. The minimum absolute atomic E-state index is 0.132. The highest BCUT2D eigenvalue weighted by molar-refractivity contribution is 7.89. The second-order valence-electron chi connectivity index (χ2n) is 12.3. The van der Waals surface area contributed by atoms with Crippen LogP contribution < -0.4 is 15.4 Å². The molecule has 3 atom stereocenters. The van der Waals surface area contributed by atoms with Gasteiger partial charge in [-0.05, 0) is 86.3 Å². The van der Waals surface area contributed by atoms with Gasteiger partial charge in [-0.25, -0.2) is 21.9 Å². The molecule has 2 fully saturated rings. The van der Waals surface area contributed by atoms with Crippen LogP contribution in [0.15, 0.2) is 77.7 Å². The highest BCUT2D eigenvalue weighted by atomic mass is 32.2. The number of alkyl halides is 2. The Hall–Kier alpha value is -3.14. The Balaban J connectivity index is 1.18. The molecule has 0 saturated heterocycles. The van der Waals surface area contributed by atoms with Crippen molar-refractivity contribution in [3.8, 4) is 0 Å². The monoisotopic (exact) mass is 607 g/mol. The van der Waals surface area contributed by atoms with Crippen molar-refractivity contribution in [1.29, 1.82) is 0 Å². The molecule has 0 spiro atoms. The molecular formula is C34H39F2N3O3S. The highest BCUT2D eigenvalue weighted by Crippen LogP contribution is 2.49. The van der Waals surface area contributed by atoms with Gasteiger partial charge in [0.1, 0.15) is 0 Å². The van der Waals surface area contributed by atoms with Gasteiger partial charge in [-0.15, -0.1) is 0 Å². The molecule has 2 saturated carbocycles. The Morgan fingerprint density at radius 3 is 2.42 bits per heavy atom. The summed E-state index contributed by atoms with van der Waals surface area (Å²) in [5.74, 6) is -4.11. The average Bonchev–Trinajstić information content (AvgIpc) is 3.92. The molecule has 0 heterocycles. The zero-order chi connectivity index (χ0) is 30.2. The number of sulfonamides is 1. The summed E-state index contributed by atoms with van der Waals surface area (Å²) in [5.41, 5.74) is 3.90. The smallest absolute Gasteiger partial charge is 0.276 e. The zero-order valence-corrected chi connectivity index (χ0v) is 25.2. The van der Waals surface area contributed by atoms with Crippen molar-refractivity contribution in [2.45, 2.75) is 93.3 Å². The molecule has 3 aliphatic carbocycles. The molecule has 228 valence electrons. The Labute approximate surface area is 252 Å². The molecular weight excluding hydrogens is 568 g/mol. The second-order valence-corrected chi connectivity index (χ2v) is 14.1. The molecule has 9 heteroatoms. The number of fused-ring (bicyclic) bond motifs is 1. The number of hydrogen-bond acceptors (Lipinski definition) is 4. The number of aryl methyl sites for hydroxylation is 1. The van der Waals surface area contributed by atoms with E-state index in [4.69, 9.17) is 0 Å². The first-order valence-corrected chi connectivity index (χ1v) is 16.8. The molecule has 1 unspecified atom stereocenters. The van der Waals surface area contributed by atoms with Gasteiger partial charge in [-0.1, -0.05) is 60.7 Å². The van der Waals surface area contributed by atoms with Crippen molar-refractivity contribution in [3.63, 3.8) is 0 Å². The van der Waals surface area contributed by atoms with Crippen LogP contribution in [0, 0.1) is 5.92 Å². The number of nitrogens with one attached hydrogen (secondary N) is 3. The van der Waals surface area contributed by atoms with Gasteiger partial charge in [0.25, 0.3) is 5.92 Å². The van der Waals surface area contributed by atoms with Crippen LogP contribution in [0.3, 0.4) is 0 Å². The fourth-order valence-electron chi connectivity index (χ4n) is 6.11. The average molecular weight is 608 g/mol. The number of benzene rings is 3. The zero-order valence-electron chi connectivity index (χ0n) is 24.4. The van der Waals surface area contributed by atoms with E-state index in [9.17, 15) is 22.0 Å². The number of hydrogen-bond donors (Lipinski definition) is 3. The Bertz CT molecular complexity index is 1570. The van der Waals surface area contributed by atoms with E-state index in [0.717, 1.165) is 30.9 Å². The molecule has 0 aliphatic heterocycles. The van der Waals surface area contributed by atoms with Gasteiger partial charge in [0.05, 0.1) is 17.0 Å². The largest absolute Gasteiger partial charge is 0.349 e. The van der Waals surface area contributed by atoms with Gasteiger partial charge in [0.15, 0.2) is 0 Å². The molecule has 6 nitrogen and oxygen atoms in total. The normalized spacial score (nSPS) is 20.2. The van der Waals surface area contributed by atoms with E-state index in [1.165, 1.54) is 42.2 Å². The summed E-state index contributed by atoms with van der Waals surface area (Å²) in [6.07, 6.45) is 5.89. The molecule has 3 aromatic rings. The maximum absolute atomic E-state index is 14.8. The summed E-state index contributed by atoms with van der Waals surface area (Å²) in [6, 6.07) is 20.2. The molecule has 6 rings (SSSR count). The van der Waals surface area contributed by atoms with Crippen molar-refractivity contribution in [3.05, 3.63) is 101 Å². The molecule has 3 aromatic carbocycles. The lowest BCUT2D eigenvalue weighted by atomic mass is 9.85. The number of rotatable bonds is 12. The van der Waals surface area contributed by atoms with Crippen LogP contribution in [-0.2, 0) is 27.2 Å². The molecule has 0 aromatic heterocycles. The summed E-state index contributed by atoms with van der Waals surface area (Å²) in [5, 5.41) is 6.79. The van der Waals surface area contributed by atoms with E-state index in [2.05, 4.69) is 40.5 Å². The fourth-order valence-corrected chi connectivity index (χ4v) is 7.38. The third-order valence-corrected chi connectivity index (χ3v) is 10.4. The van der Waals surface area contributed by atoms with Gasteiger partial charge in [-0.3, -0.25) is 4.79 Å². The Kier molecular flexibility index (Phi) is 8.41. The predicted molar refractivity (Wildman–Crippen MR) is 162 cm³/mol. The number of carbonyl (C=O) groups excluding carboxylic acids is 1. The third kappa shape index (κ3) is 7.00. The van der Waals surface area contributed by atoms with Crippen LogP contribution in [0.25, 0.3) is 0 Å². The second kappa shape index (κ2) is 12.1. The van der Waals surface area contributed by atoms with Crippen LogP contribution in [0.2, 0.25) is 0 Å². The van der Waals surface area contributed by atoms with Crippen LogP contribution >= 0.6 is 0 Å². The molecule has 3 N–H and O–H groups in total. The van der Waals surface area contributed by atoms with E-state index in [1.54, 1.807) is 24.3 Å². The molecule has 0 radical (unpaired) electrons. The fraction of sp³-hybridized carbons (Fsp3) is 0.441. The quantitative estimate of drug-likeness (QED) is 0.216. The Morgan fingerprint density at radius 1 is 0.930 bits per heavy atom. The molecule has 3 aliphatic rings. The van der Waals surface area contributed by atoms with Gasteiger partial charge in [-0.2, -0.15) is 0 Å². The van der Waals surface area contributed by atoms with Crippen LogP contribution in [0.1, 0.15) is 97.8 Å². The number of amides is 1. The van der Waals surface area contributed by atoms with Crippen molar-refractivity contribution < 1.29 is 22.0 Å². The van der Waals surface area contributed by atoms with Gasteiger partial charge in [0.2, 0.25) is 15.9 Å². The minimum atomic E-state index is -4.21. The van der Waals surface area contributed by atoms with E-state index in [1.807, 2.05) is 6.07 Å². The predicted octanol–water partition coefficient (Wildman–Crippen LogP) is 6.60. The number of carbonyl (C=O) groups is 1. The Morgan fingerprint density at radius 2 is 1.70 bits per heavy atom. The third-order valence-electron chi connectivity index (χ3n) is 8.89. The van der Waals surface area contributed by atoms with Crippen LogP contribution in [0.4, 0.5) is 8.78 Å². The summed E-state index contributed by atoms with van der Waals surface area (Å²) in [7, 11) is -4.21. The molecule has 0 bridgehead atoms. The lowest BCUT2D eigenvalue weighted by molar-refractivity contribution is -0.122. The highest BCUT2D eigenvalue weighted by Gasteiger charge is 2.48. The van der Waals surface area contributed by atoms with Crippen molar-refractivity contribution in [1.82, 2.24) is 15.4 Å². The summed E-state index contributed by atoms with van der Waals surface area (Å²) in [4.78, 5) is 13.2. The minimum Gasteiger partial charge on any atom is -0.349 e. The summed E-state index contributed by atoms with van der Waals surface area (Å²) < 4.78 is 59.2.